The van der Waals surface area contributed by atoms with Crippen LogP contribution in [0.5, 0.6) is 0 Å². The quantitative estimate of drug-likeness (QED) is 0.702. The summed E-state index contributed by atoms with van der Waals surface area (Å²) in [6.07, 6.45) is 3.71. The molecule has 0 aliphatic carbocycles. The Balaban J connectivity index is 1.38. The van der Waals surface area contributed by atoms with Gasteiger partial charge in [0, 0.05) is 23.1 Å². The SMILES string of the molecule is O=C(CN1CCCC(c2nc3ccccc3o2)C1)Nc1ccc(Br)cn1. The Morgan fingerprint density at radius 2 is 2.19 bits per heavy atom. The van der Waals surface area contributed by atoms with Crippen LogP contribution in [0.1, 0.15) is 24.7 Å². The largest absolute Gasteiger partial charge is 0.440 e. The highest BCUT2D eigenvalue weighted by Crippen LogP contribution is 2.28. The molecule has 6 nitrogen and oxygen atoms in total. The number of pyridine rings is 1. The first-order valence-corrected chi connectivity index (χ1v) is 9.46. The maximum atomic E-state index is 12.3. The number of fused-ring (bicyclic) bond motifs is 1. The number of hydrogen-bond acceptors (Lipinski definition) is 5. The van der Waals surface area contributed by atoms with E-state index in [4.69, 9.17) is 4.42 Å². The fraction of sp³-hybridized carbons (Fsp3) is 0.316. The van der Waals surface area contributed by atoms with E-state index in [1.807, 2.05) is 30.3 Å². The number of rotatable bonds is 4. The molecule has 0 spiro atoms. The summed E-state index contributed by atoms with van der Waals surface area (Å²) in [7, 11) is 0. The zero-order chi connectivity index (χ0) is 17.9. The summed E-state index contributed by atoms with van der Waals surface area (Å²) in [5, 5.41) is 2.84. The van der Waals surface area contributed by atoms with Crippen LogP contribution < -0.4 is 5.32 Å². The van der Waals surface area contributed by atoms with Crippen LogP contribution in [0, 0.1) is 0 Å². The maximum absolute atomic E-state index is 12.3. The molecule has 1 aliphatic rings. The molecule has 0 saturated carbocycles. The number of oxazole rings is 1. The lowest BCUT2D eigenvalue weighted by Crippen LogP contribution is -2.39. The molecule has 1 aromatic carbocycles. The number of carbonyl (C=O) groups excluding carboxylic acids is 1. The second kappa shape index (κ2) is 7.55. The van der Waals surface area contributed by atoms with Crippen molar-refractivity contribution in [1.29, 1.82) is 0 Å². The van der Waals surface area contributed by atoms with Gasteiger partial charge in [0.2, 0.25) is 5.91 Å². The minimum atomic E-state index is -0.0574. The summed E-state index contributed by atoms with van der Waals surface area (Å²) in [6, 6.07) is 11.4. The standard InChI is InChI=1S/C19H19BrN4O2/c20-14-7-8-17(21-10-14)23-18(25)12-24-9-3-4-13(11-24)19-22-15-5-1-2-6-16(15)26-19/h1-2,5-8,10,13H,3-4,9,11-12H2,(H,21,23,25). The van der Waals surface area contributed by atoms with E-state index in [2.05, 4.69) is 36.1 Å². The van der Waals surface area contributed by atoms with Gasteiger partial charge in [0.15, 0.2) is 11.5 Å². The van der Waals surface area contributed by atoms with E-state index in [1.54, 1.807) is 12.3 Å². The summed E-state index contributed by atoms with van der Waals surface area (Å²) in [5.41, 5.74) is 1.71. The lowest BCUT2D eigenvalue weighted by atomic mass is 9.98. The highest BCUT2D eigenvalue weighted by molar-refractivity contribution is 9.10. The number of piperidine rings is 1. The molecular weight excluding hydrogens is 396 g/mol. The monoisotopic (exact) mass is 414 g/mol. The Morgan fingerprint density at radius 3 is 3.00 bits per heavy atom. The number of halogens is 1. The molecule has 1 atom stereocenters. The van der Waals surface area contributed by atoms with Gasteiger partial charge in [-0.15, -0.1) is 0 Å². The number of carbonyl (C=O) groups is 1. The minimum Gasteiger partial charge on any atom is -0.440 e. The number of nitrogens with zero attached hydrogens (tertiary/aromatic N) is 3. The summed E-state index contributed by atoms with van der Waals surface area (Å²) >= 11 is 3.33. The topological polar surface area (TPSA) is 71.3 Å². The Hall–Kier alpha value is -2.25. The molecule has 0 bridgehead atoms. The second-order valence-electron chi connectivity index (χ2n) is 6.50. The molecule has 0 radical (unpaired) electrons. The fourth-order valence-electron chi connectivity index (χ4n) is 3.30. The number of nitrogens with one attached hydrogen (secondary N) is 1. The third-order valence-corrected chi connectivity index (χ3v) is 5.00. The Morgan fingerprint density at radius 1 is 1.31 bits per heavy atom. The van der Waals surface area contributed by atoms with Gasteiger partial charge in [0.05, 0.1) is 6.54 Å². The highest BCUT2D eigenvalue weighted by Gasteiger charge is 2.26. The van der Waals surface area contributed by atoms with Crippen molar-refractivity contribution in [1.82, 2.24) is 14.9 Å². The number of benzene rings is 1. The molecule has 3 heterocycles. The first kappa shape index (κ1) is 17.2. The molecule has 1 N–H and O–H groups in total. The van der Waals surface area contributed by atoms with Crippen LogP contribution >= 0.6 is 15.9 Å². The van der Waals surface area contributed by atoms with Crippen molar-refractivity contribution in [2.24, 2.45) is 0 Å². The van der Waals surface area contributed by atoms with Gasteiger partial charge in [-0.05, 0) is 59.6 Å². The van der Waals surface area contributed by atoms with Crippen molar-refractivity contribution < 1.29 is 9.21 Å². The molecule has 1 amide bonds. The Labute approximate surface area is 159 Å². The molecule has 1 saturated heterocycles. The Kier molecular flexibility index (Phi) is 4.99. The molecule has 134 valence electrons. The first-order chi connectivity index (χ1) is 12.7. The molecule has 1 unspecified atom stereocenters. The van der Waals surface area contributed by atoms with Crippen LogP contribution in [0.15, 0.2) is 51.5 Å². The van der Waals surface area contributed by atoms with Gasteiger partial charge < -0.3 is 9.73 Å². The van der Waals surface area contributed by atoms with Crippen LogP contribution in [-0.4, -0.2) is 40.4 Å². The van der Waals surface area contributed by atoms with Crippen LogP contribution in [0.2, 0.25) is 0 Å². The molecular formula is C19H19BrN4O2. The summed E-state index contributed by atoms with van der Waals surface area (Å²) in [6.45, 7) is 2.01. The fourth-order valence-corrected chi connectivity index (χ4v) is 3.54. The summed E-state index contributed by atoms with van der Waals surface area (Å²) < 4.78 is 6.80. The van der Waals surface area contributed by atoms with Gasteiger partial charge in [-0.3, -0.25) is 9.69 Å². The van der Waals surface area contributed by atoms with Crippen LogP contribution in [0.4, 0.5) is 5.82 Å². The van der Waals surface area contributed by atoms with Gasteiger partial charge in [-0.2, -0.15) is 0 Å². The normalized spacial score (nSPS) is 18.1. The molecule has 4 rings (SSSR count). The third-order valence-electron chi connectivity index (χ3n) is 4.53. The number of hydrogen-bond donors (Lipinski definition) is 1. The smallest absolute Gasteiger partial charge is 0.239 e. The van der Waals surface area contributed by atoms with Crippen LogP contribution in [0.25, 0.3) is 11.1 Å². The zero-order valence-corrected chi connectivity index (χ0v) is 15.8. The number of para-hydroxylation sites is 2. The summed E-state index contributed by atoms with van der Waals surface area (Å²) in [5.74, 6) is 1.49. The minimum absolute atomic E-state index is 0.0574. The van der Waals surface area contributed by atoms with E-state index < -0.39 is 0 Å². The average molecular weight is 415 g/mol. The number of likely N-dealkylation sites (tertiary alicyclic amines) is 1. The Bertz CT molecular complexity index is 876. The summed E-state index contributed by atoms with van der Waals surface area (Å²) in [4.78, 5) is 23.2. The number of anilines is 1. The van der Waals surface area contributed by atoms with Gasteiger partial charge >= 0.3 is 0 Å². The average Bonchev–Trinajstić information content (AvgIpc) is 3.08. The van der Waals surface area contributed by atoms with E-state index >= 15 is 0 Å². The van der Waals surface area contributed by atoms with Crippen molar-refractivity contribution in [3.63, 3.8) is 0 Å². The van der Waals surface area contributed by atoms with E-state index in [0.717, 1.165) is 47.4 Å². The predicted molar refractivity (Wildman–Crippen MR) is 103 cm³/mol. The van der Waals surface area contributed by atoms with Crippen molar-refractivity contribution in [3.8, 4) is 0 Å². The molecule has 1 aliphatic heterocycles. The van der Waals surface area contributed by atoms with Crippen molar-refractivity contribution in [2.75, 3.05) is 25.0 Å². The van der Waals surface area contributed by atoms with E-state index in [0.29, 0.717) is 12.4 Å². The molecule has 26 heavy (non-hydrogen) atoms. The predicted octanol–water partition coefficient (Wildman–Crippen LogP) is 3.80. The van der Waals surface area contributed by atoms with E-state index in [-0.39, 0.29) is 11.8 Å². The molecule has 3 aromatic rings. The lowest BCUT2D eigenvalue weighted by molar-refractivity contribution is -0.117. The van der Waals surface area contributed by atoms with Crippen molar-refractivity contribution in [3.05, 3.63) is 53.0 Å². The van der Waals surface area contributed by atoms with E-state index in [9.17, 15) is 4.79 Å². The number of aromatic nitrogens is 2. The van der Waals surface area contributed by atoms with Gasteiger partial charge in [-0.25, -0.2) is 9.97 Å². The second-order valence-corrected chi connectivity index (χ2v) is 7.42. The molecule has 2 aromatic heterocycles. The van der Waals surface area contributed by atoms with Gasteiger partial charge in [-0.1, -0.05) is 12.1 Å². The highest BCUT2D eigenvalue weighted by atomic mass is 79.9. The molecule has 1 fully saturated rings. The van der Waals surface area contributed by atoms with Crippen LogP contribution in [0.3, 0.4) is 0 Å². The van der Waals surface area contributed by atoms with Gasteiger partial charge in [0.25, 0.3) is 0 Å². The van der Waals surface area contributed by atoms with Crippen molar-refractivity contribution in [2.45, 2.75) is 18.8 Å². The number of amides is 1. The zero-order valence-electron chi connectivity index (χ0n) is 14.2. The van der Waals surface area contributed by atoms with Gasteiger partial charge in [0.1, 0.15) is 11.3 Å². The van der Waals surface area contributed by atoms with E-state index in [1.165, 1.54) is 0 Å². The lowest BCUT2D eigenvalue weighted by Gasteiger charge is -2.30. The third kappa shape index (κ3) is 3.94. The maximum Gasteiger partial charge on any atom is 0.239 e. The first-order valence-electron chi connectivity index (χ1n) is 8.66. The molecule has 7 heteroatoms. The van der Waals surface area contributed by atoms with Crippen molar-refractivity contribution >= 4 is 38.8 Å². The van der Waals surface area contributed by atoms with Crippen LogP contribution in [-0.2, 0) is 4.79 Å².